The summed E-state index contributed by atoms with van der Waals surface area (Å²) in [6.45, 7) is -0.255. The monoisotopic (exact) mass is 413 g/mol. The summed E-state index contributed by atoms with van der Waals surface area (Å²) in [7, 11) is 0. The van der Waals surface area contributed by atoms with E-state index in [-0.39, 0.29) is 24.4 Å². The minimum atomic E-state index is -0.715. The molecule has 8 heteroatoms. The van der Waals surface area contributed by atoms with Crippen LogP contribution in [-0.2, 0) is 22.6 Å². The van der Waals surface area contributed by atoms with Gasteiger partial charge in [0.15, 0.2) is 5.13 Å². The summed E-state index contributed by atoms with van der Waals surface area (Å²) in [6, 6.07) is 12.9. The number of aromatic nitrogens is 1. The van der Waals surface area contributed by atoms with Crippen molar-refractivity contribution in [2.24, 2.45) is 0 Å². The topological polar surface area (TPSA) is 71.1 Å². The highest BCUT2D eigenvalue weighted by Crippen LogP contribution is 2.16. The van der Waals surface area contributed by atoms with E-state index >= 15 is 0 Å². The Morgan fingerprint density at radius 1 is 1.03 bits per heavy atom. The van der Waals surface area contributed by atoms with Crippen LogP contribution in [0, 0.1) is 11.6 Å². The van der Waals surface area contributed by atoms with E-state index in [0.29, 0.717) is 10.8 Å². The lowest BCUT2D eigenvalue weighted by Gasteiger charge is -2.06. The molecule has 1 heterocycles. The van der Waals surface area contributed by atoms with E-state index in [9.17, 15) is 18.4 Å². The second-order valence-corrected chi connectivity index (χ2v) is 6.89. The lowest BCUT2D eigenvalue weighted by atomic mass is 10.2. The first kappa shape index (κ1) is 20.3. The van der Waals surface area contributed by atoms with Gasteiger partial charge in [-0.2, -0.15) is 0 Å². The summed E-state index contributed by atoms with van der Waals surface area (Å²) < 4.78 is 27.2. The zero-order valence-electron chi connectivity index (χ0n) is 15.2. The zero-order chi connectivity index (χ0) is 20.6. The molecule has 1 aromatic heterocycles. The lowest BCUT2D eigenvalue weighted by Crippen LogP contribution is -2.25. The zero-order valence-corrected chi connectivity index (χ0v) is 16.0. The van der Waals surface area contributed by atoms with Crippen LogP contribution >= 0.6 is 11.3 Å². The Kier molecular flexibility index (Phi) is 6.80. The van der Waals surface area contributed by atoms with Gasteiger partial charge in [0, 0.05) is 23.6 Å². The van der Waals surface area contributed by atoms with Crippen LogP contribution in [0.1, 0.15) is 16.8 Å². The molecule has 0 saturated heterocycles. The molecular formula is C21H17F2N3O2S. The average molecular weight is 413 g/mol. The number of halogens is 2. The summed E-state index contributed by atoms with van der Waals surface area (Å²) in [6.07, 6.45) is 3.01. The summed E-state index contributed by atoms with van der Waals surface area (Å²) in [5, 5.41) is 7.09. The molecule has 0 atom stereocenters. The fourth-order valence-electron chi connectivity index (χ4n) is 2.44. The van der Waals surface area contributed by atoms with Gasteiger partial charge in [0.05, 0.1) is 12.1 Å². The van der Waals surface area contributed by atoms with Gasteiger partial charge in [0.25, 0.3) is 0 Å². The molecule has 3 aromatic rings. The normalized spacial score (nSPS) is 10.8. The maximum absolute atomic E-state index is 13.6. The van der Waals surface area contributed by atoms with Crippen molar-refractivity contribution in [3.05, 3.63) is 88.4 Å². The first-order valence-electron chi connectivity index (χ1n) is 8.69. The van der Waals surface area contributed by atoms with Gasteiger partial charge in [-0.3, -0.25) is 14.9 Å². The molecule has 0 spiro atoms. The van der Waals surface area contributed by atoms with Crippen LogP contribution in [0.2, 0.25) is 0 Å². The molecule has 2 amide bonds. The molecule has 0 radical (unpaired) electrons. The van der Waals surface area contributed by atoms with E-state index in [2.05, 4.69) is 15.6 Å². The van der Waals surface area contributed by atoms with Gasteiger partial charge < -0.3 is 5.32 Å². The third-order valence-electron chi connectivity index (χ3n) is 3.87. The van der Waals surface area contributed by atoms with Gasteiger partial charge in [-0.05, 0) is 23.8 Å². The van der Waals surface area contributed by atoms with E-state index in [1.807, 2.05) is 30.3 Å². The van der Waals surface area contributed by atoms with E-state index in [1.54, 1.807) is 11.5 Å². The number of anilines is 1. The van der Waals surface area contributed by atoms with E-state index in [4.69, 9.17) is 0 Å². The third-order valence-corrected chi connectivity index (χ3v) is 4.68. The predicted molar refractivity (Wildman–Crippen MR) is 108 cm³/mol. The Morgan fingerprint density at radius 2 is 1.76 bits per heavy atom. The molecule has 29 heavy (non-hydrogen) atoms. The van der Waals surface area contributed by atoms with Crippen molar-refractivity contribution in [2.45, 2.75) is 13.0 Å². The maximum atomic E-state index is 13.6. The number of hydrogen-bond donors (Lipinski definition) is 2. The highest BCUT2D eigenvalue weighted by atomic mass is 32.1. The minimum Gasteiger partial charge on any atom is -0.351 e. The minimum absolute atomic E-state index is 0.0672. The molecular weight excluding hydrogens is 396 g/mol. The molecule has 2 aromatic carbocycles. The van der Waals surface area contributed by atoms with Gasteiger partial charge in [0.2, 0.25) is 11.8 Å². The number of carbonyl (C=O) groups is 2. The van der Waals surface area contributed by atoms with Crippen molar-refractivity contribution >= 4 is 34.4 Å². The van der Waals surface area contributed by atoms with Crippen molar-refractivity contribution in [3.8, 4) is 0 Å². The number of thiazole rings is 1. The first-order chi connectivity index (χ1) is 14.0. The van der Waals surface area contributed by atoms with Gasteiger partial charge in [-0.1, -0.05) is 36.4 Å². The summed E-state index contributed by atoms with van der Waals surface area (Å²) >= 11 is 1.18. The average Bonchev–Trinajstić information content (AvgIpc) is 3.13. The van der Waals surface area contributed by atoms with Crippen LogP contribution in [0.4, 0.5) is 13.9 Å². The Balaban J connectivity index is 1.50. The van der Waals surface area contributed by atoms with Crippen LogP contribution in [0.25, 0.3) is 6.08 Å². The molecule has 5 nitrogen and oxygen atoms in total. The van der Waals surface area contributed by atoms with Crippen molar-refractivity contribution in [1.29, 1.82) is 0 Å². The molecule has 0 aliphatic rings. The van der Waals surface area contributed by atoms with Crippen molar-refractivity contribution in [3.63, 3.8) is 0 Å². The molecule has 0 aliphatic heterocycles. The number of amides is 2. The number of nitrogens with zero attached hydrogens (tertiary/aromatic N) is 1. The number of carbonyl (C=O) groups excluding carboxylic acids is 2. The highest BCUT2D eigenvalue weighted by molar-refractivity contribution is 7.14. The van der Waals surface area contributed by atoms with Crippen LogP contribution < -0.4 is 10.6 Å². The van der Waals surface area contributed by atoms with Crippen LogP contribution in [0.15, 0.2) is 60.0 Å². The Labute approximate surface area is 170 Å². The van der Waals surface area contributed by atoms with Gasteiger partial charge >= 0.3 is 0 Å². The molecule has 3 rings (SSSR count). The summed E-state index contributed by atoms with van der Waals surface area (Å²) in [4.78, 5) is 28.1. The van der Waals surface area contributed by atoms with Gasteiger partial charge in [-0.25, -0.2) is 13.8 Å². The molecule has 148 valence electrons. The van der Waals surface area contributed by atoms with E-state index in [0.717, 1.165) is 17.7 Å². The third kappa shape index (κ3) is 6.05. The van der Waals surface area contributed by atoms with Gasteiger partial charge in [-0.15, -0.1) is 11.3 Å². The second-order valence-electron chi connectivity index (χ2n) is 6.03. The number of benzene rings is 2. The second kappa shape index (κ2) is 9.70. The maximum Gasteiger partial charge on any atom is 0.250 e. The smallest absolute Gasteiger partial charge is 0.250 e. The SMILES string of the molecule is O=C(/C=C/c1ccccc1)Nc1nc(CC(=O)NCc2c(F)cccc2F)cs1. The van der Waals surface area contributed by atoms with E-state index in [1.165, 1.54) is 23.5 Å². The molecule has 0 aliphatic carbocycles. The molecule has 0 unspecified atom stereocenters. The predicted octanol–water partition coefficient (Wildman–Crippen LogP) is 3.93. The summed E-state index contributed by atoms with van der Waals surface area (Å²) in [5.41, 5.74) is 1.14. The van der Waals surface area contributed by atoms with Crippen molar-refractivity contribution in [1.82, 2.24) is 10.3 Å². The van der Waals surface area contributed by atoms with E-state index < -0.39 is 17.5 Å². The number of hydrogen-bond acceptors (Lipinski definition) is 4. The molecule has 0 fully saturated rings. The van der Waals surface area contributed by atoms with Crippen molar-refractivity contribution < 1.29 is 18.4 Å². The van der Waals surface area contributed by atoms with Crippen LogP contribution in [0.5, 0.6) is 0 Å². The fourth-order valence-corrected chi connectivity index (χ4v) is 3.16. The largest absolute Gasteiger partial charge is 0.351 e. The quantitative estimate of drug-likeness (QED) is 0.577. The first-order valence-corrected chi connectivity index (χ1v) is 9.57. The molecule has 0 saturated carbocycles. The van der Waals surface area contributed by atoms with Gasteiger partial charge in [0.1, 0.15) is 11.6 Å². The number of nitrogens with one attached hydrogen (secondary N) is 2. The number of rotatable bonds is 7. The lowest BCUT2D eigenvalue weighted by molar-refractivity contribution is -0.120. The fraction of sp³-hybridized carbons (Fsp3) is 0.0952. The van der Waals surface area contributed by atoms with Crippen molar-refractivity contribution in [2.75, 3.05) is 5.32 Å². The highest BCUT2D eigenvalue weighted by Gasteiger charge is 2.12. The summed E-state index contributed by atoms with van der Waals surface area (Å²) in [5.74, 6) is -2.20. The Hall–Kier alpha value is -3.39. The van der Waals surface area contributed by atoms with Crippen LogP contribution in [0.3, 0.4) is 0 Å². The molecule has 0 bridgehead atoms. The standard InChI is InChI=1S/C21H17F2N3O2S/c22-17-7-4-8-18(23)16(17)12-24-20(28)11-15-13-29-21(25-15)26-19(27)10-9-14-5-2-1-3-6-14/h1-10,13H,11-12H2,(H,24,28)(H,25,26,27)/b10-9+. The Morgan fingerprint density at radius 3 is 2.48 bits per heavy atom. The van der Waals surface area contributed by atoms with Crippen LogP contribution in [-0.4, -0.2) is 16.8 Å². The molecule has 2 N–H and O–H groups in total. The Bertz CT molecular complexity index is 1020.